The number of aromatic amines is 1. The number of benzene rings is 2. The Kier molecular flexibility index (Phi) is 3.93. The monoisotopic (exact) mass is 298 g/mol. The average molecular weight is 299 g/mol. The summed E-state index contributed by atoms with van der Waals surface area (Å²) in [6, 6.07) is 15.3. The van der Waals surface area contributed by atoms with Gasteiger partial charge in [0.25, 0.3) is 5.91 Å². The Hall–Kier alpha value is -2.26. The fourth-order valence-corrected chi connectivity index (χ4v) is 2.61. The highest BCUT2D eigenvalue weighted by atomic mass is 35.5. The molecule has 0 aliphatic rings. The fourth-order valence-electron chi connectivity index (χ4n) is 2.38. The van der Waals surface area contributed by atoms with Gasteiger partial charge in [-0.2, -0.15) is 0 Å². The number of halogens is 1. The van der Waals surface area contributed by atoms with Crippen LogP contribution in [-0.2, 0) is 6.42 Å². The molecule has 0 bridgehead atoms. The van der Waals surface area contributed by atoms with Crippen LogP contribution in [0, 0.1) is 0 Å². The molecular weight excluding hydrogens is 284 g/mol. The minimum atomic E-state index is -0.0740. The molecule has 0 fully saturated rings. The van der Waals surface area contributed by atoms with Gasteiger partial charge in [0.1, 0.15) is 0 Å². The predicted octanol–water partition coefficient (Wildman–Crippen LogP) is 3.79. The summed E-state index contributed by atoms with van der Waals surface area (Å²) in [4.78, 5) is 15.4. The zero-order valence-electron chi connectivity index (χ0n) is 11.4. The van der Waals surface area contributed by atoms with E-state index in [4.69, 9.17) is 11.6 Å². The third-order valence-electron chi connectivity index (χ3n) is 3.47. The second-order valence-electron chi connectivity index (χ2n) is 4.84. The molecule has 0 saturated heterocycles. The smallest absolute Gasteiger partial charge is 0.253 e. The van der Waals surface area contributed by atoms with Crippen LogP contribution in [0.4, 0.5) is 0 Å². The molecule has 0 unspecified atom stereocenters. The highest BCUT2D eigenvalue weighted by molar-refractivity contribution is 6.31. The standard InChI is InChI=1S/C17H15ClN2O/c18-15-7-2-1-4-12(15)8-11-20-17(21)14-6-3-5-13-9-10-19-16(13)14/h1-7,9-10,19H,8,11H2,(H,20,21). The normalized spacial score (nSPS) is 10.7. The summed E-state index contributed by atoms with van der Waals surface area (Å²) in [6.45, 7) is 0.555. The summed E-state index contributed by atoms with van der Waals surface area (Å²) < 4.78 is 0. The molecule has 3 nitrogen and oxygen atoms in total. The SMILES string of the molecule is O=C(NCCc1ccccc1Cl)c1cccc2cc[nH]c12. The van der Waals surface area contributed by atoms with Gasteiger partial charge >= 0.3 is 0 Å². The van der Waals surface area contributed by atoms with E-state index < -0.39 is 0 Å². The van der Waals surface area contributed by atoms with E-state index >= 15 is 0 Å². The number of fused-ring (bicyclic) bond motifs is 1. The molecule has 0 aliphatic heterocycles. The van der Waals surface area contributed by atoms with Crippen molar-refractivity contribution in [3.8, 4) is 0 Å². The van der Waals surface area contributed by atoms with E-state index in [0.717, 1.165) is 21.5 Å². The third-order valence-corrected chi connectivity index (χ3v) is 3.84. The van der Waals surface area contributed by atoms with E-state index in [1.807, 2.05) is 54.7 Å². The van der Waals surface area contributed by atoms with Crippen molar-refractivity contribution in [2.45, 2.75) is 6.42 Å². The number of rotatable bonds is 4. The van der Waals surface area contributed by atoms with E-state index in [1.165, 1.54) is 0 Å². The highest BCUT2D eigenvalue weighted by Crippen LogP contribution is 2.17. The van der Waals surface area contributed by atoms with Gasteiger partial charge in [0, 0.05) is 23.2 Å². The van der Waals surface area contributed by atoms with E-state index in [9.17, 15) is 4.79 Å². The summed E-state index contributed by atoms with van der Waals surface area (Å²) in [6.07, 6.45) is 2.55. The summed E-state index contributed by atoms with van der Waals surface area (Å²) in [7, 11) is 0. The van der Waals surface area contributed by atoms with Crippen LogP contribution in [0.15, 0.2) is 54.7 Å². The Balaban J connectivity index is 1.67. The van der Waals surface area contributed by atoms with Crippen molar-refractivity contribution >= 4 is 28.4 Å². The van der Waals surface area contributed by atoms with Crippen LogP contribution >= 0.6 is 11.6 Å². The Bertz CT molecular complexity index is 779. The fraction of sp³-hybridized carbons (Fsp3) is 0.118. The van der Waals surface area contributed by atoms with Crippen LogP contribution in [0.5, 0.6) is 0 Å². The maximum absolute atomic E-state index is 12.3. The Morgan fingerprint density at radius 2 is 1.95 bits per heavy atom. The molecular formula is C17H15ClN2O. The van der Waals surface area contributed by atoms with Gasteiger partial charge in [-0.3, -0.25) is 4.79 Å². The molecule has 3 aromatic rings. The number of para-hydroxylation sites is 1. The van der Waals surface area contributed by atoms with Crippen molar-refractivity contribution < 1.29 is 4.79 Å². The molecule has 0 spiro atoms. The van der Waals surface area contributed by atoms with Crippen LogP contribution in [0.1, 0.15) is 15.9 Å². The molecule has 1 aromatic heterocycles. The van der Waals surface area contributed by atoms with Gasteiger partial charge in [-0.1, -0.05) is 41.9 Å². The molecule has 2 aromatic carbocycles. The van der Waals surface area contributed by atoms with Gasteiger partial charge < -0.3 is 10.3 Å². The number of carbonyl (C=O) groups is 1. The van der Waals surface area contributed by atoms with Crippen LogP contribution in [0.3, 0.4) is 0 Å². The van der Waals surface area contributed by atoms with Crippen molar-refractivity contribution in [1.82, 2.24) is 10.3 Å². The minimum Gasteiger partial charge on any atom is -0.361 e. The summed E-state index contributed by atoms with van der Waals surface area (Å²) in [5.74, 6) is -0.0740. The molecule has 0 saturated carbocycles. The summed E-state index contributed by atoms with van der Waals surface area (Å²) in [5, 5.41) is 4.71. The van der Waals surface area contributed by atoms with Gasteiger partial charge in [-0.15, -0.1) is 0 Å². The Morgan fingerprint density at radius 1 is 1.10 bits per heavy atom. The van der Waals surface area contributed by atoms with E-state index in [-0.39, 0.29) is 5.91 Å². The number of carbonyl (C=O) groups excluding carboxylic acids is 1. The molecule has 0 atom stereocenters. The first-order valence-electron chi connectivity index (χ1n) is 6.83. The van der Waals surface area contributed by atoms with Crippen LogP contribution < -0.4 is 5.32 Å². The number of amides is 1. The predicted molar refractivity (Wildman–Crippen MR) is 85.8 cm³/mol. The Labute approximate surface area is 127 Å². The first-order chi connectivity index (χ1) is 10.3. The lowest BCUT2D eigenvalue weighted by Crippen LogP contribution is -2.26. The second-order valence-corrected chi connectivity index (χ2v) is 5.25. The number of hydrogen-bond acceptors (Lipinski definition) is 1. The molecule has 106 valence electrons. The topological polar surface area (TPSA) is 44.9 Å². The second kappa shape index (κ2) is 6.02. The van der Waals surface area contributed by atoms with E-state index in [1.54, 1.807) is 0 Å². The van der Waals surface area contributed by atoms with E-state index in [0.29, 0.717) is 18.5 Å². The van der Waals surface area contributed by atoms with Crippen molar-refractivity contribution in [2.75, 3.05) is 6.54 Å². The molecule has 3 rings (SSSR count). The van der Waals surface area contributed by atoms with Gasteiger partial charge in [0.2, 0.25) is 0 Å². The molecule has 0 radical (unpaired) electrons. The molecule has 21 heavy (non-hydrogen) atoms. The van der Waals surface area contributed by atoms with Crippen molar-refractivity contribution in [3.63, 3.8) is 0 Å². The van der Waals surface area contributed by atoms with Crippen LogP contribution in [0.2, 0.25) is 5.02 Å². The highest BCUT2D eigenvalue weighted by Gasteiger charge is 2.10. The van der Waals surface area contributed by atoms with Crippen LogP contribution in [-0.4, -0.2) is 17.4 Å². The first-order valence-corrected chi connectivity index (χ1v) is 7.21. The number of aromatic nitrogens is 1. The molecule has 1 amide bonds. The largest absolute Gasteiger partial charge is 0.361 e. The molecule has 2 N–H and O–H groups in total. The number of H-pyrrole nitrogens is 1. The summed E-state index contributed by atoms with van der Waals surface area (Å²) >= 11 is 6.10. The lowest BCUT2D eigenvalue weighted by molar-refractivity contribution is 0.0955. The summed E-state index contributed by atoms with van der Waals surface area (Å²) in [5.41, 5.74) is 2.57. The Morgan fingerprint density at radius 3 is 2.81 bits per heavy atom. The van der Waals surface area contributed by atoms with Gasteiger partial charge in [-0.05, 0) is 30.2 Å². The number of hydrogen-bond donors (Lipinski definition) is 2. The van der Waals surface area contributed by atoms with Gasteiger partial charge in [0.05, 0.1) is 11.1 Å². The quantitative estimate of drug-likeness (QED) is 0.756. The first kappa shape index (κ1) is 13.7. The lowest BCUT2D eigenvalue weighted by atomic mass is 10.1. The van der Waals surface area contributed by atoms with Gasteiger partial charge in [0.15, 0.2) is 0 Å². The zero-order valence-corrected chi connectivity index (χ0v) is 12.2. The van der Waals surface area contributed by atoms with Crippen molar-refractivity contribution in [1.29, 1.82) is 0 Å². The van der Waals surface area contributed by atoms with Crippen molar-refractivity contribution in [3.05, 3.63) is 70.9 Å². The van der Waals surface area contributed by atoms with Gasteiger partial charge in [-0.25, -0.2) is 0 Å². The number of nitrogens with one attached hydrogen (secondary N) is 2. The third kappa shape index (κ3) is 2.93. The zero-order chi connectivity index (χ0) is 14.7. The average Bonchev–Trinajstić information content (AvgIpc) is 2.97. The maximum atomic E-state index is 12.3. The van der Waals surface area contributed by atoms with Crippen LogP contribution in [0.25, 0.3) is 10.9 Å². The molecule has 0 aliphatic carbocycles. The maximum Gasteiger partial charge on any atom is 0.253 e. The van der Waals surface area contributed by atoms with Crippen molar-refractivity contribution in [2.24, 2.45) is 0 Å². The lowest BCUT2D eigenvalue weighted by Gasteiger charge is -2.07. The molecule has 1 heterocycles. The molecule has 4 heteroatoms. The minimum absolute atomic E-state index is 0.0740. The van der Waals surface area contributed by atoms with E-state index in [2.05, 4.69) is 10.3 Å².